The van der Waals surface area contributed by atoms with Crippen molar-refractivity contribution in [1.29, 1.82) is 0 Å². The lowest BCUT2D eigenvalue weighted by atomic mass is 9.96. The van der Waals surface area contributed by atoms with E-state index in [0.717, 1.165) is 30.6 Å². The molecule has 0 aliphatic carbocycles. The van der Waals surface area contributed by atoms with Crippen LogP contribution in [0.25, 0.3) is 0 Å². The monoisotopic (exact) mass is 364 g/mol. The number of pyridine rings is 1. The number of amides is 1. The van der Waals surface area contributed by atoms with E-state index in [0.29, 0.717) is 19.6 Å². The summed E-state index contributed by atoms with van der Waals surface area (Å²) in [5.41, 5.74) is 0.907. The maximum atomic E-state index is 12.7. The Labute approximate surface area is 155 Å². The highest BCUT2D eigenvalue weighted by Gasteiger charge is 2.28. The first-order chi connectivity index (χ1) is 13.2. The molecule has 0 spiro atoms. The highest BCUT2D eigenvalue weighted by molar-refractivity contribution is 5.92. The number of aromatic nitrogens is 5. The van der Waals surface area contributed by atoms with Gasteiger partial charge >= 0.3 is 0 Å². The molecule has 1 saturated heterocycles. The van der Waals surface area contributed by atoms with Crippen LogP contribution in [-0.4, -0.2) is 48.4 Å². The molecule has 3 aromatic heterocycles. The van der Waals surface area contributed by atoms with Crippen molar-refractivity contribution < 1.29 is 4.79 Å². The maximum Gasteiger partial charge on any atom is 0.273 e. The predicted molar refractivity (Wildman–Crippen MR) is 98.3 cm³/mol. The smallest absolute Gasteiger partial charge is 0.273 e. The third-order valence-electron chi connectivity index (χ3n) is 4.77. The van der Waals surface area contributed by atoms with Gasteiger partial charge in [-0.05, 0) is 25.0 Å². The summed E-state index contributed by atoms with van der Waals surface area (Å²) >= 11 is 0. The molecule has 1 N–H and O–H groups in total. The topological polar surface area (TPSA) is 96.8 Å². The van der Waals surface area contributed by atoms with Crippen LogP contribution in [0.5, 0.6) is 0 Å². The SMILES string of the molecule is O=C(c1c[nH]c(=O)cn1)N1CCC[C@H](c2nccn2Cc2ccccn2)C1. The third kappa shape index (κ3) is 3.79. The van der Waals surface area contributed by atoms with Gasteiger partial charge < -0.3 is 14.5 Å². The van der Waals surface area contributed by atoms with Crippen LogP contribution >= 0.6 is 0 Å². The Kier molecular flexibility index (Phi) is 4.78. The minimum atomic E-state index is -0.320. The van der Waals surface area contributed by atoms with Crippen molar-refractivity contribution in [2.24, 2.45) is 0 Å². The van der Waals surface area contributed by atoms with E-state index in [1.165, 1.54) is 6.20 Å². The maximum absolute atomic E-state index is 12.7. The summed E-state index contributed by atoms with van der Waals surface area (Å²) in [5, 5.41) is 0. The number of nitrogens with zero attached hydrogens (tertiary/aromatic N) is 5. The average Bonchev–Trinajstić information content (AvgIpc) is 3.17. The van der Waals surface area contributed by atoms with Gasteiger partial charge in [-0.3, -0.25) is 14.6 Å². The van der Waals surface area contributed by atoms with E-state index in [2.05, 4.69) is 24.5 Å². The lowest BCUT2D eigenvalue weighted by molar-refractivity contribution is 0.0697. The lowest BCUT2D eigenvalue weighted by Crippen LogP contribution is -2.40. The van der Waals surface area contributed by atoms with E-state index in [1.807, 2.05) is 24.4 Å². The van der Waals surface area contributed by atoms with Crippen molar-refractivity contribution in [2.45, 2.75) is 25.3 Å². The number of imidazole rings is 1. The third-order valence-corrected chi connectivity index (χ3v) is 4.77. The molecular formula is C19H20N6O2. The van der Waals surface area contributed by atoms with Crippen LogP contribution in [0.3, 0.4) is 0 Å². The van der Waals surface area contributed by atoms with Crippen molar-refractivity contribution in [3.05, 3.63) is 76.7 Å². The molecule has 8 heteroatoms. The molecule has 1 atom stereocenters. The van der Waals surface area contributed by atoms with Gasteiger partial charge in [0.05, 0.1) is 18.4 Å². The number of rotatable bonds is 4. The fourth-order valence-electron chi connectivity index (χ4n) is 3.47. The van der Waals surface area contributed by atoms with Crippen LogP contribution in [-0.2, 0) is 6.54 Å². The van der Waals surface area contributed by atoms with Crippen LogP contribution in [0.4, 0.5) is 0 Å². The number of piperidine rings is 1. The molecule has 1 aliphatic heterocycles. The van der Waals surface area contributed by atoms with Crippen LogP contribution in [0.15, 0.2) is 54.0 Å². The quantitative estimate of drug-likeness (QED) is 0.755. The normalized spacial score (nSPS) is 17.0. The lowest BCUT2D eigenvalue weighted by Gasteiger charge is -2.32. The summed E-state index contributed by atoms with van der Waals surface area (Å²) in [4.78, 5) is 41.0. The number of hydrogen-bond donors (Lipinski definition) is 1. The molecular weight excluding hydrogens is 344 g/mol. The van der Waals surface area contributed by atoms with E-state index in [1.54, 1.807) is 17.3 Å². The van der Waals surface area contributed by atoms with Crippen molar-refractivity contribution in [2.75, 3.05) is 13.1 Å². The van der Waals surface area contributed by atoms with E-state index in [4.69, 9.17) is 0 Å². The zero-order valence-electron chi connectivity index (χ0n) is 14.8. The Morgan fingerprint density at radius 1 is 1.22 bits per heavy atom. The number of carbonyl (C=O) groups is 1. The summed E-state index contributed by atoms with van der Waals surface area (Å²) in [5.74, 6) is 0.954. The Hall–Kier alpha value is -3.29. The second-order valence-electron chi connectivity index (χ2n) is 6.62. The Balaban J connectivity index is 1.50. The zero-order chi connectivity index (χ0) is 18.6. The van der Waals surface area contributed by atoms with Crippen LogP contribution in [0, 0.1) is 0 Å². The molecule has 0 radical (unpaired) electrons. The van der Waals surface area contributed by atoms with Gasteiger partial charge in [-0.25, -0.2) is 9.97 Å². The number of nitrogens with one attached hydrogen (secondary N) is 1. The van der Waals surface area contributed by atoms with Crippen LogP contribution in [0.2, 0.25) is 0 Å². The minimum Gasteiger partial charge on any atom is -0.337 e. The van der Waals surface area contributed by atoms with Gasteiger partial charge in [-0.1, -0.05) is 6.07 Å². The summed E-state index contributed by atoms with van der Waals surface area (Å²) in [6.45, 7) is 1.91. The van der Waals surface area contributed by atoms with Gasteiger partial charge in [0, 0.05) is 43.8 Å². The number of H-pyrrole nitrogens is 1. The molecule has 0 saturated carbocycles. The second kappa shape index (κ2) is 7.53. The number of carbonyl (C=O) groups excluding carboxylic acids is 1. The molecule has 0 bridgehead atoms. The van der Waals surface area contributed by atoms with Crippen molar-refractivity contribution >= 4 is 5.91 Å². The first-order valence-corrected chi connectivity index (χ1v) is 8.95. The molecule has 1 aliphatic rings. The van der Waals surface area contributed by atoms with Gasteiger partial charge in [0.25, 0.3) is 11.5 Å². The highest BCUT2D eigenvalue weighted by atomic mass is 16.2. The van der Waals surface area contributed by atoms with E-state index >= 15 is 0 Å². The predicted octanol–water partition coefficient (Wildman–Crippen LogP) is 1.43. The van der Waals surface area contributed by atoms with Gasteiger partial charge in [0.15, 0.2) is 0 Å². The molecule has 27 heavy (non-hydrogen) atoms. The molecule has 8 nitrogen and oxygen atoms in total. The fourth-order valence-corrected chi connectivity index (χ4v) is 3.47. The van der Waals surface area contributed by atoms with Gasteiger partial charge in [-0.2, -0.15) is 0 Å². The van der Waals surface area contributed by atoms with E-state index in [9.17, 15) is 9.59 Å². The minimum absolute atomic E-state index is 0.157. The Morgan fingerprint density at radius 2 is 2.15 bits per heavy atom. The van der Waals surface area contributed by atoms with E-state index in [-0.39, 0.29) is 23.1 Å². The molecule has 0 unspecified atom stereocenters. The molecule has 4 heterocycles. The van der Waals surface area contributed by atoms with Gasteiger partial charge in [0.1, 0.15) is 11.5 Å². The summed E-state index contributed by atoms with van der Waals surface area (Å²) in [6, 6.07) is 5.85. The summed E-state index contributed by atoms with van der Waals surface area (Å²) < 4.78 is 2.10. The summed E-state index contributed by atoms with van der Waals surface area (Å²) in [6.07, 6.45) is 9.91. The van der Waals surface area contributed by atoms with Gasteiger partial charge in [0.2, 0.25) is 0 Å². The molecule has 138 valence electrons. The van der Waals surface area contributed by atoms with Crippen molar-refractivity contribution in [1.82, 2.24) is 29.4 Å². The number of hydrogen-bond acceptors (Lipinski definition) is 5. The van der Waals surface area contributed by atoms with Crippen molar-refractivity contribution in [3.63, 3.8) is 0 Å². The highest BCUT2D eigenvalue weighted by Crippen LogP contribution is 2.27. The average molecular weight is 364 g/mol. The number of likely N-dealkylation sites (tertiary alicyclic amines) is 1. The van der Waals surface area contributed by atoms with Crippen LogP contribution in [0.1, 0.15) is 40.8 Å². The fraction of sp³-hybridized carbons (Fsp3) is 0.316. The molecule has 3 aromatic rings. The Bertz CT molecular complexity index is 961. The molecule has 1 amide bonds. The molecule has 4 rings (SSSR count). The molecule has 1 fully saturated rings. The standard InChI is InChI=1S/C19H20N6O2/c26-17-11-22-16(10-23-17)19(27)25-8-3-4-14(12-25)18-21-7-9-24(18)13-15-5-1-2-6-20-15/h1-2,5-7,9-11,14H,3-4,8,12-13H2,(H,23,26)/t14-/m0/s1. The van der Waals surface area contributed by atoms with E-state index < -0.39 is 0 Å². The largest absolute Gasteiger partial charge is 0.337 e. The zero-order valence-corrected chi connectivity index (χ0v) is 14.8. The Morgan fingerprint density at radius 3 is 2.93 bits per heavy atom. The van der Waals surface area contributed by atoms with Crippen molar-refractivity contribution in [3.8, 4) is 0 Å². The van der Waals surface area contributed by atoms with Crippen LogP contribution < -0.4 is 5.56 Å². The first-order valence-electron chi connectivity index (χ1n) is 8.95. The second-order valence-corrected chi connectivity index (χ2v) is 6.62. The van der Waals surface area contributed by atoms with Gasteiger partial charge in [-0.15, -0.1) is 0 Å². The number of aromatic amines is 1. The first kappa shape index (κ1) is 17.1. The molecule has 0 aromatic carbocycles. The summed E-state index contributed by atoms with van der Waals surface area (Å²) in [7, 11) is 0.